The maximum atomic E-state index is 12.8. The van der Waals surface area contributed by atoms with Crippen LogP contribution in [0.15, 0.2) is 48.5 Å². The molecule has 2 rings (SSSR count). The summed E-state index contributed by atoms with van der Waals surface area (Å²) in [6.07, 6.45) is 0. The van der Waals surface area contributed by atoms with Crippen molar-refractivity contribution in [2.45, 2.75) is 13.0 Å². The summed E-state index contributed by atoms with van der Waals surface area (Å²) >= 11 is 5.81. The van der Waals surface area contributed by atoms with Gasteiger partial charge in [-0.3, -0.25) is 4.79 Å². The smallest absolute Gasteiger partial charge is 0.338 e. The van der Waals surface area contributed by atoms with Gasteiger partial charge in [0.2, 0.25) is 0 Å². The zero-order valence-electron chi connectivity index (χ0n) is 12.4. The van der Waals surface area contributed by atoms with Crippen molar-refractivity contribution in [1.29, 1.82) is 0 Å². The highest BCUT2D eigenvalue weighted by molar-refractivity contribution is 6.30. The monoisotopic (exact) mass is 335 g/mol. The van der Waals surface area contributed by atoms with Gasteiger partial charge >= 0.3 is 5.97 Å². The predicted molar refractivity (Wildman–Crippen MR) is 84.7 cm³/mol. The lowest BCUT2D eigenvalue weighted by Crippen LogP contribution is -2.31. The van der Waals surface area contributed by atoms with Gasteiger partial charge in [0.1, 0.15) is 5.82 Å². The van der Waals surface area contributed by atoms with E-state index in [1.165, 1.54) is 12.1 Å². The Kier molecular flexibility index (Phi) is 5.71. The molecule has 0 saturated carbocycles. The second kappa shape index (κ2) is 7.74. The van der Waals surface area contributed by atoms with Crippen LogP contribution in [0.2, 0.25) is 5.02 Å². The zero-order chi connectivity index (χ0) is 16.8. The van der Waals surface area contributed by atoms with Crippen LogP contribution in [0.4, 0.5) is 4.39 Å². The lowest BCUT2D eigenvalue weighted by molar-refractivity contribution is -0.124. The van der Waals surface area contributed by atoms with E-state index < -0.39 is 24.3 Å². The van der Waals surface area contributed by atoms with Gasteiger partial charge in [-0.15, -0.1) is 0 Å². The fourth-order valence-corrected chi connectivity index (χ4v) is 2.04. The minimum Gasteiger partial charge on any atom is -0.452 e. The summed E-state index contributed by atoms with van der Waals surface area (Å²) in [6.45, 7) is 1.40. The van der Waals surface area contributed by atoms with E-state index in [0.717, 1.165) is 17.7 Å². The molecule has 2 aromatic rings. The molecule has 0 aliphatic rings. The molecule has 0 unspecified atom stereocenters. The van der Waals surface area contributed by atoms with Crippen LogP contribution in [0.5, 0.6) is 0 Å². The average molecular weight is 336 g/mol. The Bertz CT molecular complexity index is 686. The summed E-state index contributed by atoms with van der Waals surface area (Å²) in [7, 11) is 0. The van der Waals surface area contributed by atoms with Crippen LogP contribution in [0, 0.1) is 5.82 Å². The van der Waals surface area contributed by atoms with Gasteiger partial charge in [0, 0.05) is 5.02 Å². The summed E-state index contributed by atoms with van der Waals surface area (Å²) in [5, 5.41) is 3.32. The van der Waals surface area contributed by atoms with Crippen LogP contribution in [0.1, 0.15) is 28.9 Å². The Hall–Kier alpha value is -2.40. The molecular formula is C17H15ClFNO3. The molecule has 0 aliphatic heterocycles. The molecule has 0 spiro atoms. The van der Waals surface area contributed by atoms with Crippen molar-refractivity contribution >= 4 is 23.5 Å². The van der Waals surface area contributed by atoms with E-state index in [1.807, 2.05) is 6.92 Å². The van der Waals surface area contributed by atoms with Gasteiger partial charge in [-0.1, -0.05) is 23.7 Å². The Morgan fingerprint density at radius 1 is 1.13 bits per heavy atom. The fraction of sp³-hybridized carbons (Fsp3) is 0.176. The number of hydrogen-bond donors (Lipinski definition) is 1. The molecule has 1 atom stereocenters. The number of nitrogens with one attached hydrogen (secondary N) is 1. The number of halogens is 2. The van der Waals surface area contributed by atoms with Gasteiger partial charge in [-0.05, 0) is 48.9 Å². The van der Waals surface area contributed by atoms with Crippen LogP contribution in [-0.4, -0.2) is 18.5 Å². The molecule has 120 valence electrons. The van der Waals surface area contributed by atoms with Crippen LogP contribution in [0.25, 0.3) is 0 Å². The number of carbonyl (C=O) groups excluding carboxylic acids is 2. The number of hydrogen-bond acceptors (Lipinski definition) is 3. The quantitative estimate of drug-likeness (QED) is 0.851. The van der Waals surface area contributed by atoms with Gasteiger partial charge in [0.15, 0.2) is 6.61 Å². The Morgan fingerprint density at radius 3 is 2.35 bits per heavy atom. The number of rotatable bonds is 5. The third-order valence-electron chi connectivity index (χ3n) is 3.16. The zero-order valence-corrected chi connectivity index (χ0v) is 13.1. The van der Waals surface area contributed by atoms with Crippen molar-refractivity contribution in [3.05, 3.63) is 70.5 Å². The van der Waals surface area contributed by atoms with Crippen molar-refractivity contribution in [1.82, 2.24) is 5.32 Å². The second-order valence-corrected chi connectivity index (χ2v) is 5.36. The standard InChI is InChI=1S/C17H15ClFNO3/c1-11(12-2-6-14(18)7-3-12)20-16(21)10-23-17(22)13-4-8-15(19)9-5-13/h2-9,11H,10H2,1H3,(H,20,21)/t11-/m1/s1. The highest BCUT2D eigenvalue weighted by atomic mass is 35.5. The molecule has 6 heteroatoms. The Morgan fingerprint density at radius 2 is 1.74 bits per heavy atom. The number of carbonyl (C=O) groups is 2. The first-order valence-electron chi connectivity index (χ1n) is 6.93. The number of amides is 1. The summed E-state index contributed by atoms with van der Waals surface area (Å²) in [4.78, 5) is 23.5. The molecule has 0 radical (unpaired) electrons. The molecule has 2 aromatic carbocycles. The van der Waals surface area contributed by atoms with E-state index in [4.69, 9.17) is 16.3 Å². The lowest BCUT2D eigenvalue weighted by atomic mass is 10.1. The summed E-state index contributed by atoms with van der Waals surface area (Å²) in [5.74, 6) is -1.56. The summed E-state index contributed by atoms with van der Waals surface area (Å²) < 4.78 is 17.7. The molecule has 0 saturated heterocycles. The van der Waals surface area contributed by atoms with Crippen LogP contribution < -0.4 is 5.32 Å². The highest BCUT2D eigenvalue weighted by Gasteiger charge is 2.13. The Balaban J connectivity index is 1.83. The van der Waals surface area contributed by atoms with E-state index in [9.17, 15) is 14.0 Å². The minimum atomic E-state index is -0.681. The molecule has 0 aliphatic carbocycles. The molecule has 0 bridgehead atoms. The van der Waals surface area contributed by atoms with Crippen molar-refractivity contribution in [3.8, 4) is 0 Å². The van der Waals surface area contributed by atoms with E-state index in [-0.39, 0.29) is 11.6 Å². The maximum Gasteiger partial charge on any atom is 0.338 e. The van der Waals surface area contributed by atoms with Crippen LogP contribution >= 0.6 is 11.6 Å². The molecule has 4 nitrogen and oxygen atoms in total. The molecule has 1 N–H and O–H groups in total. The second-order valence-electron chi connectivity index (χ2n) is 4.92. The van der Waals surface area contributed by atoms with E-state index in [2.05, 4.69) is 5.32 Å². The van der Waals surface area contributed by atoms with E-state index in [0.29, 0.717) is 5.02 Å². The predicted octanol–water partition coefficient (Wildman–Crippen LogP) is 3.51. The minimum absolute atomic E-state index is 0.185. The third kappa shape index (κ3) is 5.07. The molecule has 23 heavy (non-hydrogen) atoms. The van der Waals surface area contributed by atoms with Crippen molar-refractivity contribution in [3.63, 3.8) is 0 Å². The normalized spacial score (nSPS) is 11.6. The van der Waals surface area contributed by atoms with Crippen LogP contribution in [0.3, 0.4) is 0 Å². The maximum absolute atomic E-state index is 12.8. The van der Waals surface area contributed by atoms with Gasteiger partial charge in [-0.2, -0.15) is 0 Å². The van der Waals surface area contributed by atoms with E-state index >= 15 is 0 Å². The van der Waals surface area contributed by atoms with Gasteiger partial charge < -0.3 is 10.1 Å². The van der Waals surface area contributed by atoms with Gasteiger partial charge in [0.05, 0.1) is 11.6 Å². The molecule has 1 amide bonds. The first-order valence-corrected chi connectivity index (χ1v) is 7.31. The molecule has 0 heterocycles. The SMILES string of the molecule is C[C@@H](NC(=O)COC(=O)c1ccc(F)cc1)c1ccc(Cl)cc1. The number of esters is 1. The van der Waals surface area contributed by atoms with Gasteiger partial charge in [-0.25, -0.2) is 9.18 Å². The number of benzene rings is 2. The molecular weight excluding hydrogens is 321 g/mol. The largest absolute Gasteiger partial charge is 0.452 e. The van der Waals surface area contributed by atoms with Gasteiger partial charge in [0.25, 0.3) is 5.91 Å². The van der Waals surface area contributed by atoms with Crippen molar-refractivity contribution in [2.75, 3.05) is 6.61 Å². The Labute approximate surface area is 138 Å². The van der Waals surface area contributed by atoms with Crippen molar-refractivity contribution < 1.29 is 18.7 Å². The summed E-state index contributed by atoms with van der Waals surface area (Å²) in [5.41, 5.74) is 1.07. The van der Waals surface area contributed by atoms with Crippen molar-refractivity contribution in [2.24, 2.45) is 0 Å². The average Bonchev–Trinajstić information content (AvgIpc) is 2.54. The first-order chi connectivity index (χ1) is 11.0. The first kappa shape index (κ1) is 17.0. The fourth-order valence-electron chi connectivity index (χ4n) is 1.92. The number of ether oxygens (including phenoxy) is 1. The highest BCUT2D eigenvalue weighted by Crippen LogP contribution is 2.15. The van der Waals surface area contributed by atoms with Crippen LogP contribution in [-0.2, 0) is 9.53 Å². The lowest BCUT2D eigenvalue weighted by Gasteiger charge is -2.14. The third-order valence-corrected chi connectivity index (χ3v) is 3.41. The summed E-state index contributed by atoms with van der Waals surface area (Å²) in [6, 6.07) is 11.7. The van der Waals surface area contributed by atoms with E-state index in [1.54, 1.807) is 24.3 Å². The molecule has 0 fully saturated rings. The molecule has 0 aromatic heterocycles. The topological polar surface area (TPSA) is 55.4 Å².